The van der Waals surface area contributed by atoms with Crippen LogP contribution in [0.5, 0.6) is 6.01 Å². The first-order valence-electron chi connectivity index (χ1n) is 5.56. The fraction of sp³-hybridized carbons (Fsp3) is 0.545. The average molecular weight is 319 g/mol. The lowest BCUT2D eigenvalue weighted by atomic mass is 10.4. The molecule has 6 nitrogen and oxygen atoms in total. The molecule has 7 heteroatoms. The minimum atomic E-state index is -0.502. The molecule has 0 aliphatic carbocycles. The van der Waals surface area contributed by atoms with Crippen LogP contribution in [0.4, 0.5) is 0 Å². The highest BCUT2D eigenvalue weighted by Crippen LogP contribution is 2.13. The molecule has 0 atom stereocenters. The van der Waals surface area contributed by atoms with Crippen molar-refractivity contribution in [2.45, 2.75) is 27.3 Å². The molecular weight excluding hydrogens is 304 g/mol. The van der Waals surface area contributed by atoms with Gasteiger partial charge in [-0.2, -0.15) is 0 Å². The van der Waals surface area contributed by atoms with Gasteiger partial charge in [-0.05, 0) is 36.7 Å². The molecule has 0 bridgehead atoms. The second kappa shape index (κ2) is 6.53. The maximum atomic E-state index is 12.0. The van der Waals surface area contributed by atoms with E-state index in [1.165, 1.54) is 0 Å². The monoisotopic (exact) mass is 318 g/mol. The zero-order chi connectivity index (χ0) is 13.7. The molecule has 100 valence electrons. The number of ether oxygens (including phenoxy) is 2. The summed E-state index contributed by atoms with van der Waals surface area (Å²) in [5.74, 6) is -0.502. The quantitative estimate of drug-likeness (QED) is 0.765. The highest BCUT2D eigenvalue weighted by Gasteiger charge is 2.16. The van der Waals surface area contributed by atoms with Crippen LogP contribution in [0.1, 0.15) is 19.5 Å². The van der Waals surface area contributed by atoms with Crippen molar-refractivity contribution < 1.29 is 14.3 Å². The third-order valence-electron chi connectivity index (χ3n) is 2.11. The van der Waals surface area contributed by atoms with E-state index in [-0.39, 0.29) is 24.7 Å². The van der Waals surface area contributed by atoms with Crippen molar-refractivity contribution in [3.63, 3.8) is 0 Å². The van der Waals surface area contributed by atoms with Gasteiger partial charge in [-0.25, -0.2) is 4.98 Å². The number of carbonyl (C=O) groups excluding carboxylic acids is 1. The Bertz CT molecular complexity index is 499. The fourth-order valence-corrected chi connectivity index (χ4v) is 1.63. The van der Waals surface area contributed by atoms with Crippen LogP contribution in [0.3, 0.4) is 0 Å². The number of hydrogen-bond acceptors (Lipinski definition) is 5. The molecular formula is C11H15BrN2O4. The molecule has 0 unspecified atom stereocenters. The topological polar surface area (TPSA) is 70.4 Å². The van der Waals surface area contributed by atoms with Crippen LogP contribution < -0.4 is 10.3 Å². The zero-order valence-corrected chi connectivity index (χ0v) is 12.1. The van der Waals surface area contributed by atoms with Crippen molar-refractivity contribution in [1.82, 2.24) is 9.55 Å². The Kier molecular flexibility index (Phi) is 5.33. The molecule has 0 aliphatic heterocycles. The number of hydrogen-bond donors (Lipinski definition) is 0. The van der Waals surface area contributed by atoms with Crippen molar-refractivity contribution in [3.8, 4) is 6.01 Å². The molecule has 18 heavy (non-hydrogen) atoms. The maximum absolute atomic E-state index is 12.0. The summed E-state index contributed by atoms with van der Waals surface area (Å²) in [6, 6.07) is 0.122. The SMILES string of the molecule is CCOC(=O)Cn1c(OCC)nc(C)c(Br)c1=O. The molecule has 0 fully saturated rings. The van der Waals surface area contributed by atoms with Gasteiger partial charge in [0.1, 0.15) is 11.0 Å². The summed E-state index contributed by atoms with van der Waals surface area (Å²) < 4.78 is 11.5. The largest absolute Gasteiger partial charge is 0.465 e. The minimum Gasteiger partial charge on any atom is -0.465 e. The van der Waals surface area contributed by atoms with E-state index in [2.05, 4.69) is 20.9 Å². The number of nitrogens with zero attached hydrogens (tertiary/aromatic N) is 2. The average Bonchev–Trinajstić information content (AvgIpc) is 2.32. The van der Waals surface area contributed by atoms with Gasteiger partial charge in [-0.1, -0.05) is 0 Å². The lowest BCUT2D eigenvalue weighted by molar-refractivity contribution is -0.144. The molecule has 0 amide bonds. The molecule has 0 N–H and O–H groups in total. The Labute approximate surface area is 113 Å². The number of aromatic nitrogens is 2. The van der Waals surface area contributed by atoms with E-state index in [1.807, 2.05) is 0 Å². The summed E-state index contributed by atoms with van der Waals surface area (Å²) in [7, 11) is 0. The first-order valence-corrected chi connectivity index (χ1v) is 6.35. The van der Waals surface area contributed by atoms with Gasteiger partial charge in [-0.15, -0.1) is 0 Å². The maximum Gasteiger partial charge on any atom is 0.326 e. The number of aryl methyl sites for hydroxylation is 1. The van der Waals surface area contributed by atoms with Gasteiger partial charge in [0.2, 0.25) is 0 Å². The Morgan fingerprint density at radius 2 is 2.06 bits per heavy atom. The Hall–Kier alpha value is -1.37. The fourth-order valence-electron chi connectivity index (χ4n) is 1.33. The van der Waals surface area contributed by atoms with Crippen molar-refractivity contribution in [2.75, 3.05) is 13.2 Å². The van der Waals surface area contributed by atoms with Crippen molar-refractivity contribution in [1.29, 1.82) is 0 Å². The van der Waals surface area contributed by atoms with Crippen molar-refractivity contribution in [2.24, 2.45) is 0 Å². The summed E-state index contributed by atoms with van der Waals surface area (Å²) in [4.78, 5) is 27.6. The van der Waals surface area contributed by atoms with Gasteiger partial charge in [0.15, 0.2) is 0 Å². The molecule has 0 spiro atoms. The molecule has 0 aliphatic rings. The van der Waals surface area contributed by atoms with Crippen molar-refractivity contribution in [3.05, 3.63) is 20.5 Å². The number of halogens is 1. The summed E-state index contributed by atoms with van der Waals surface area (Å²) in [5, 5.41) is 0. The van der Waals surface area contributed by atoms with Crippen LogP contribution in [0.15, 0.2) is 9.27 Å². The Balaban J connectivity index is 3.18. The third kappa shape index (κ3) is 3.32. The molecule has 0 saturated carbocycles. The number of carbonyl (C=O) groups is 1. The third-order valence-corrected chi connectivity index (χ3v) is 3.02. The lowest BCUT2D eigenvalue weighted by Crippen LogP contribution is -2.29. The first-order chi connectivity index (χ1) is 8.51. The normalized spacial score (nSPS) is 10.2. The van der Waals surface area contributed by atoms with Crippen LogP contribution in [-0.4, -0.2) is 28.7 Å². The Morgan fingerprint density at radius 3 is 2.61 bits per heavy atom. The predicted molar refractivity (Wildman–Crippen MR) is 68.7 cm³/mol. The second-order valence-electron chi connectivity index (χ2n) is 3.42. The molecule has 1 rings (SSSR count). The van der Waals surface area contributed by atoms with Gasteiger partial charge in [-0.3, -0.25) is 14.2 Å². The number of esters is 1. The highest BCUT2D eigenvalue weighted by atomic mass is 79.9. The van der Waals surface area contributed by atoms with E-state index in [1.54, 1.807) is 20.8 Å². The van der Waals surface area contributed by atoms with Gasteiger partial charge in [0.25, 0.3) is 11.6 Å². The molecule has 0 aromatic carbocycles. The Morgan fingerprint density at radius 1 is 1.39 bits per heavy atom. The van der Waals surface area contributed by atoms with Gasteiger partial charge in [0.05, 0.1) is 18.9 Å². The summed E-state index contributed by atoms with van der Waals surface area (Å²) in [6.07, 6.45) is 0. The van der Waals surface area contributed by atoms with E-state index in [0.717, 1.165) is 4.57 Å². The molecule has 0 radical (unpaired) electrons. The lowest BCUT2D eigenvalue weighted by Gasteiger charge is -2.12. The van der Waals surface area contributed by atoms with Crippen LogP contribution in [-0.2, 0) is 16.1 Å². The highest BCUT2D eigenvalue weighted by molar-refractivity contribution is 9.10. The van der Waals surface area contributed by atoms with Gasteiger partial charge < -0.3 is 9.47 Å². The van der Waals surface area contributed by atoms with Gasteiger partial charge in [0, 0.05) is 0 Å². The first kappa shape index (κ1) is 14.7. The molecule has 1 aromatic heterocycles. The number of rotatable bonds is 5. The van der Waals surface area contributed by atoms with E-state index >= 15 is 0 Å². The molecule has 0 saturated heterocycles. The van der Waals surface area contributed by atoms with E-state index in [9.17, 15) is 9.59 Å². The van der Waals surface area contributed by atoms with Crippen LogP contribution >= 0.6 is 15.9 Å². The van der Waals surface area contributed by atoms with Gasteiger partial charge >= 0.3 is 5.97 Å². The minimum absolute atomic E-state index is 0.122. The molecule has 1 heterocycles. The van der Waals surface area contributed by atoms with Crippen LogP contribution in [0.25, 0.3) is 0 Å². The standard InChI is InChI=1S/C11H15BrN2O4/c1-4-17-8(15)6-14-10(16)9(12)7(3)13-11(14)18-5-2/h4-6H2,1-3H3. The summed E-state index contributed by atoms with van der Waals surface area (Å²) >= 11 is 3.14. The predicted octanol–water partition coefficient (Wildman–Crippen LogP) is 1.28. The van der Waals surface area contributed by atoms with E-state index in [4.69, 9.17) is 9.47 Å². The summed E-state index contributed by atoms with van der Waals surface area (Å²) in [5.41, 5.74) is 0.155. The van der Waals surface area contributed by atoms with Crippen LogP contribution in [0, 0.1) is 6.92 Å². The summed E-state index contributed by atoms with van der Waals surface area (Å²) in [6.45, 7) is 5.57. The second-order valence-corrected chi connectivity index (χ2v) is 4.22. The van der Waals surface area contributed by atoms with E-state index < -0.39 is 5.97 Å². The zero-order valence-electron chi connectivity index (χ0n) is 10.5. The van der Waals surface area contributed by atoms with Crippen LogP contribution in [0.2, 0.25) is 0 Å². The van der Waals surface area contributed by atoms with Crippen molar-refractivity contribution >= 4 is 21.9 Å². The smallest absolute Gasteiger partial charge is 0.326 e. The molecule has 1 aromatic rings. The van der Waals surface area contributed by atoms with E-state index in [0.29, 0.717) is 16.8 Å².